The SMILES string of the molecule is OC(CCCCN1CCN(c2ccccc2)CC1)c1ccc2c(c1)OCCO2. The smallest absolute Gasteiger partial charge is 0.161 e. The first kappa shape index (κ1) is 19.1. The maximum atomic E-state index is 10.5. The van der Waals surface area contributed by atoms with Crippen LogP contribution in [0, 0.1) is 0 Å². The fraction of sp³-hybridized carbons (Fsp3) is 0.478. The number of rotatable bonds is 7. The molecule has 1 saturated heterocycles. The van der Waals surface area contributed by atoms with Crippen LogP contribution in [0.25, 0.3) is 0 Å². The highest BCUT2D eigenvalue weighted by Crippen LogP contribution is 2.33. The average molecular weight is 383 g/mol. The van der Waals surface area contributed by atoms with Crippen molar-refractivity contribution in [1.29, 1.82) is 0 Å². The van der Waals surface area contributed by atoms with Gasteiger partial charge in [0.2, 0.25) is 0 Å². The molecule has 0 amide bonds. The molecule has 1 atom stereocenters. The van der Waals surface area contributed by atoms with Crippen LogP contribution in [0.1, 0.15) is 30.9 Å². The number of benzene rings is 2. The molecule has 150 valence electrons. The summed E-state index contributed by atoms with van der Waals surface area (Å²) in [5.41, 5.74) is 2.24. The normalized spacial score (nSPS) is 18.1. The maximum Gasteiger partial charge on any atom is 0.161 e. The Bertz CT molecular complexity index is 745. The zero-order valence-electron chi connectivity index (χ0n) is 16.4. The molecule has 2 aromatic rings. The number of ether oxygens (including phenoxy) is 2. The lowest BCUT2D eigenvalue weighted by molar-refractivity contribution is 0.154. The van der Waals surface area contributed by atoms with Crippen LogP contribution in [-0.4, -0.2) is 55.9 Å². The van der Waals surface area contributed by atoms with Gasteiger partial charge < -0.3 is 19.5 Å². The Hall–Kier alpha value is -2.24. The summed E-state index contributed by atoms with van der Waals surface area (Å²) >= 11 is 0. The number of piperazine rings is 1. The van der Waals surface area contributed by atoms with Crippen molar-refractivity contribution in [2.45, 2.75) is 25.4 Å². The van der Waals surface area contributed by atoms with Gasteiger partial charge in [0.15, 0.2) is 11.5 Å². The zero-order valence-corrected chi connectivity index (χ0v) is 16.4. The van der Waals surface area contributed by atoms with Gasteiger partial charge in [-0.2, -0.15) is 0 Å². The lowest BCUT2D eigenvalue weighted by atomic mass is 10.0. The predicted octanol–water partition coefficient (Wildman–Crippen LogP) is 3.48. The fourth-order valence-corrected chi connectivity index (χ4v) is 3.98. The van der Waals surface area contributed by atoms with E-state index in [1.807, 2.05) is 18.2 Å². The monoisotopic (exact) mass is 382 g/mol. The Labute approximate surface area is 167 Å². The number of aliphatic hydroxyl groups is 1. The second kappa shape index (κ2) is 9.30. The Morgan fingerprint density at radius 3 is 2.39 bits per heavy atom. The molecule has 1 N–H and O–H groups in total. The molecular weight excluding hydrogens is 352 g/mol. The summed E-state index contributed by atoms with van der Waals surface area (Å²) < 4.78 is 11.2. The van der Waals surface area contributed by atoms with Crippen molar-refractivity contribution in [2.24, 2.45) is 0 Å². The molecule has 0 spiro atoms. The van der Waals surface area contributed by atoms with Crippen molar-refractivity contribution >= 4 is 5.69 Å². The maximum absolute atomic E-state index is 10.5. The first-order chi connectivity index (χ1) is 13.8. The molecule has 5 heteroatoms. The van der Waals surface area contributed by atoms with Gasteiger partial charge in [-0.3, -0.25) is 4.90 Å². The minimum Gasteiger partial charge on any atom is -0.486 e. The molecule has 0 radical (unpaired) electrons. The van der Waals surface area contributed by atoms with E-state index in [0.717, 1.165) is 69.0 Å². The predicted molar refractivity (Wildman–Crippen MR) is 111 cm³/mol. The van der Waals surface area contributed by atoms with Crippen LogP contribution in [0.15, 0.2) is 48.5 Å². The van der Waals surface area contributed by atoms with Gasteiger partial charge in [-0.1, -0.05) is 24.3 Å². The minimum absolute atomic E-state index is 0.439. The van der Waals surface area contributed by atoms with E-state index >= 15 is 0 Å². The number of unbranched alkanes of at least 4 members (excludes halogenated alkanes) is 1. The molecule has 5 nitrogen and oxygen atoms in total. The van der Waals surface area contributed by atoms with E-state index in [4.69, 9.17) is 9.47 Å². The van der Waals surface area contributed by atoms with Gasteiger partial charge in [0, 0.05) is 31.9 Å². The molecule has 0 aromatic heterocycles. The van der Waals surface area contributed by atoms with E-state index in [2.05, 4.69) is 40.1 Å². The highest BCUT2D eigenvalue weighted by molar-refractivity contribution is 5.46. The highest BCUT2D eigenvalue weighted by Gasteiger charge is 2.18. The summed E-state index contributed by atoms with van der Waals surface area (Å²) in [6.45, 7) is 6.67. The van der Waals surface area contributed by atoms with Gasteiger partial charge in [-0.05, 0) is 55.6 Å². The third-order valence-electron chi connectivity index (χ3n) is 5.65. The Kier molecular flexibility index (Phi) is 6.34. The minimum atomic E-state index is -0.439. The van der Waals surface area contributed by atoms with Crippen molar-refractivity contribution in [1.82, 2.24) is 4.90 Å². The van der Waals surface area contributed by atoms with Crippen LogP contribution in [0.2, 0.25) is 0 Å². The molecule has 2 aromatic carbocycles. The molecule has 2 aliphatic heterocycles. The number of hydrogen-bond donors (Lipinski definition) is 1. The zero-order chi connectivity index (χ0) is 19.2. The van der Waals surface area contributed by atoms with Crippen LogP contribution in [0.3, 0.4) is 0 Å². The number of aliphatic hydroxyl groups excluding tert-OH is 1. The summed E-state index contributed by atoms with van der Waals surface area (Å²) in [4.78, 5) is 5.00. The lowest BCUT2D eigenvalue weighted by Crippen LogP contribution is -2.46. The summed E-state index contributed by atoms with van der Waals surface area (Å²) in [6, 6.07) is 16.4. The van der Waals surface area contributed by atoms with Crippen LogP contribution < -0.4 is 14.4 Å². The summed E-state index contributed by atoms with van der Waals surface area (Å²) in [5, 5.41) is 10.5. The van der Waals surface area contributed by atoms with E-state index in [1.54, 1.807) is 0 Å². The second-order valence-corrected chi connectivity index (χ2v) is 7.58. The molecular formula is C23H30N2O3. The summed E-state index contributed by atoms with van der Waals surface area (Å²) in [6.07, 6.45) is 2.48. The summed E-state index contributed by atoms with van der Waals surface area (Å²) in [5.74, 6) is 1.52. The number of fused-ring (bicyclic) bond motifs is 1. The Morgan fingerprint density at radius 1 is 0.857 bits per heavy atom. The van der Waals surface area contributed by atoms with Crippen molar-refractivity contribution in [3.8, 4) is 11.5 Å². The third-order valence-corrected chi connectivity index (χ3v) is 5.65. The van der Waals surface area contributed by atoms with Crippen LogP contribution in [-0.2, 0) is 0 Å². The third kappa shape index (κ3) is 4.78. The van der Waals surface area contributed by atoms with Gasteiger partial charge in [-0.15, -0.1) is 0 Å². The number of nitrogens with zero attached hydrogens (tertiary/aromatic N) is 2. The van der Waals surface area contributed by atoms with Gasteiger partial charge in [0.05, 0.1) is 6.10 Å². The van der Waals surface area contributed by atoms with Gasteiger partial charge in [0.1, 0.15) is 13.2 Å². The van der Waals surface area contributed by atoms with Crippen LogP contribution in [0.5, 0.6) is 11.5 Å². The van der Waals surface area contributed by atoms with Gasteiger partial charge in [-0.25, -0.2) is 0 Å². The molecule has 2 heterocycles. The first-order valence-corrected chi connectivity index (χ1v) is 10.4. The molecule has 28 heavy (non-hydrogen) atoms. The van der Waals surface area contributed by atoms with Gasteiger partial charge >= 0.3 is 0 Å². The van der Waals surface area contributed by atoms with E-state index in [0.29, 0.717) is 13.2 Å². The Balaban J connectivity index is 1.16. The van der Waals surface area contributed by atoms with Crippen molar-refractivity contribution in [3.05, 3.63) is 54.1 Å². The first-order valence-electron chi connectivity index (χ1n) is 10.4. The summed E-state index contributed by atoms with van der Waals surface area (Å²) in [7, 11) is 0. The number of anilines is 1. The molecule has 0 saturated carbocycles. The van der Waals surface area contributed by atoms with Gasteiger partial charge in [0.25, 0.3) is 0 Å². The fourth-order valence-electron chi connectivity index (χ4n) is 3.98. The highest BCUT2D eigenvalue weighted by atomic mass is 16.6. The molecule has 2 aliphatic rings. The lowest BCUT2D eigenvalue weighted by Gasteiger charge is -2.36. The number of para-hydroxylation sites is 1. The van der Waals surface area contributed by atoms with Crippen molar-refractivity contribution < 1.29 is 14.6 Å². The molecule has 1 fully saturated rings. The largest absolute Gasteiger partial charge is 0.486 e. The topological polar surface area (TPSA) is 45.2 Å². The molecule has 0 aliphatic carbocycles. The molecule has 1 unspecified atom stereocenters. The molecule has 0 bridgehead atoms. The average Bonchev–Trinajstić information content (AvgIpc) is 2.77. The second-order valence-electron chi connectivity index (χ2n) is 7.58. The van der Waals surface area contributed by atoms with Crippen LogP contribution >= 0.6 is 0 Å². The van der Waals surface area contributed by atoms with E-state index in [-0.39, 0.29) is 0 Å². The standard InChI is InChI=1S/C23H30N2O3/c26-21(19-9-10-22-23(18-19)28-17-16-27-22)8-4-5-11-24-12-14-25(15-13-24)20-6-2-1-3-7-20/h1-3,6-7,9-10,18,21,26H,4-5,8,11-17H2. The number of hydrogen-bond acceptors (Lipinski definition) is 5. The van der Waals surface area contributed by atoms with Crippen LogP contribution in [0.4, 0.5) is 5.69 Å². The van der Waals surface area contributed by atoms with Crippen molar-refractivity contribution in [2.75, 3.05) is 50.8 Å². The van der Waals surface area contributed by atoms with E-state index in [1.165, 1.54) is 5.69 Å². The van der Waals surface area contributed by atoms with E-state index < -0.39 is 6.10 Å². The van der Waals surface area contributed by atoms with E-state index in [9.17, 15) is 5.11 Å². The van der Waals surface area contributed by atoms with Crippen molar-refractivity contribution in [3.63, 3.8) is 0 Å². The Morgan fingerprint density at radius 2 is 1.61 bits per heavy atom. The quantitative estimate of drug-likeness (QED) is 0.743. The molecule has 4 rings (SSSR count).